The summed E-state index contributed by atoms with van der Waals surface area (Å²) in [5.41, 5.74) is 1.40. The standard InChI is InChI=1S/C28H33N3O8/c1-13-6-15-7-16-18(9-29)31-17(22(30(16)3)20(15)25(23(13)36-5)37-11-35-4)8-28(34)21(19(31)10-32)26-24(38-12-39-26)14(2)27(28)33/h6,16-19,22,32,34H,7-8,10-12H2,1-5H3/t16-,17-,18-,19-,22-,28-/m0/s1. The van der Waals surface area contributed by atoms with Crippen molar-refractivity contribution in [2.75, 3.05) is 41.5 Å². The summed E-state index contributed by atoms with van der Waals surface area (Å²) >= 11 is 0. The molecule has 208 valence electrons. The molecule has 1 aromatic carbocycles. The monoisotopic (exact) mass is 539 g/mol. The van der Waals surface area contributed by atoms with Crippen LogP contribution in [0.3, 0.4) is 0 Å². The number of aliphatic hydroxyl groups excluding tert-OH is 1. The van der Waals surface area contributed by atoms with E-state index in [1.807, 2.05) is 18.9 Å². The molecular weight excluding hydrogens is 506 g/mol. The Morgan fingerprint density at radius 2 is 1.95 bits per heavy atom. The number of Topliss-reactive ketones (excluding diaryl/α,β-unsaturated/α-hetero) is 1. The smallest absolute Gasteiger partial charge is 0.231 e. The van der Waals surface area contributed by atoms with Crippen molar-refractivity contribution in [3.05, 3.63) is 45.4 Å². The van der Waals surface area contributed by atoms with E-state index in [1.54, 1.807) is 21.1 Å². The number of ether oxygens (including phenoxy) is 5. The van der Waals surface area contributed by atoms with Gasteiger partial charge < -0.3 is 33.9 Å². The molecule has 1 aliphatic carbocycles. The van der Waals surface area contributed by atoms with Crippen LogP contribution in [-0.2, 0) is 25.4 Å². The topological polar surface area (TPSA) is 134 Å². The van der Waals surface area contributed by atoms with Gasteiger partial charge in [0, 0.05) is 42.3 Å². The third kappa shape index (κ3) is 3.36. The van der Waals surface area contributed by atoms with E-state index in [0.29, 0.717) is 23.7 Å². The van der Waals surface area contributed by atoms with Gasteiger partial charge in [-0.15, -0.1) is 0 Å². The van der Waals surface area contributed by atoms with Gasteiger partial charge in [-0.05, 0) is 38.4 Å². The number of nitrogens with zero attached hydrogens (tertiary/aromatic N) is 3. The van der Waals surface area contributed by atoms with Gasteiger partial charge in [-0.2, -0.15) is 5.26 Å². The van der Waals surface area contributed by atoms with Crippen molar-refractivity contribution in [2.24, 2.45) is 0 Å². The first-order chi connectivity index (χ1) is 18.7. The van der Waals surface area contributed by atoms with Crippen molar-refractivity contribution in [1.29, 1.82) is 5.26 Å². The average molecular weight is 540 g/mol. The first kappa shape index (κ1) is 26.1. The largest absolute Gasteiger partial charge is 0.493 e. The molecule has 11 heteroatoms. The SMILES string of the molecule is COCOc1c(OC)c(C)cc2c1[C@@H]1[C@@H]3C[C@@]4(O)C(=O)C(C)=C5OCOC5=C4[C@H](CO)N3[C@@H](C#N)[C@H](C2)N1C. The van der Waals surface area contributed by atoms with Crippen LogP contribution >= 0.6 is 0 Å². The first-order valence-corrected chi connectivity index (χ1v) is 13.0. The van der Waals surface area contributed by atoms with E-state index in [-0.39, 0.29) is 49.0 Å². The molecule has 3 fully saturated rings. The Bertz CT molecular complexity index is 1350. The van der Waals surface area contributed by atoms with Crippen LogP contribution < -0.4 is 9.47 Å². The number of benzene rings is 1. The summed E-state index contributed by atoms with van der Waals surface area (Å²) in [7, 11) is 5.09. The van der Waals surface area contributed by atoms with Crippen LogP contribution in [0.5, 0.6) is 11.5 Å². The number of piperazine rings is 1. The third-order valence-corrected chi connectivity index (χ3v) is 9.05. The van der Waals surface area contributed by atoms with Crippen molar-refractivity contribution in [3.8, 4) is 17.6 Å². The molecular formula is C28H33N3O8. The van der Waals surface area contributed by atoms with Crippen molar-refractivity contribution >= 4 is 5.78 Å². The summed E-state index contributed by atoms with van der Waals surface area (Å²) < 4.78 is 28.5. The molecule has 39 heavy (non-hydrogen) atoms. The van der Waals surface area contributed by atoms with Gasteiger partial charge >= 0.3 is 0 Å². The number of fused-ring (bicyclic) bond motifs is 8. The molecule has 0 saturated carbocycles. The molecule has 4 heterocycles. The average Bonchev–Trinajstić information content (AvgIpc) is 3.40. The van der Waals surface area contributed by atoms with Gasteiger partial charge in [0.2, 0.25) is 6.79 Å². The van der Waals surface area contributed by atoms with Crippen molar-refractivity contribution < 1.29 is 38.7 Å². The van der Waals surface area contributed by atoms with Gasteiger partial charge in [0.1, 0.15) is 6.04 Å². The van der Waals surface area contributed by atoms with Gasteiger partial charge in [0.15, 0.2) is 41.2 Å². The highest BCUT2D eigenvalue weighted by atomic mass is 16.7. The summed E-state index contributed by atoms with van der Waals surface area (Å²) in [6.07, 6.45) is 0.559. The molecule has 2 bridgehead atoms. The zero-order valence-electron chi connectivity index (χ0n) is 22.7. The number of nitriles is 1. The Hall–Kier alpha value is -3.14. The van der Waals surface area contributed by atoms with Crippen molar-refractivity contribution in [2.45, 2.75) is 62.5 Å². The number of carbonyl (C=O) groups is 1. The molecule has 6 atom stereocenters. The van der Waals surface area contributed by atoms with Crippen LogP contribution in [0.15, 0.2) is 28.7 Å². The lowest BCUT2D eigenvalue weighted by atomic mass is 9.65. The molecule has 0 aromatic heterocycles. The Balaban J connectivity index is 1.59. The number of aryl methyl sites for hydroxylation is 1. The van der Waals surface area contributed by atoms with Gasteiger partial charge in [0.05, 0.1) is 31.9 Å². The number of aliphatic hydroxyl groups is 2. The van der Waals surface area contributed by atoms with E-state index >= 15 is 0 Å². The van der Waals surface area contributed by atoms with Crippen LogP contribution in [0.4, 0.5) is 0 Å². The molecule has 0 spiro atoms. The Morgan fingerprint density at radius 1 is 1.21 bits per heavy atom. The minimum Gasteiger partial charge on any atom is -0.493 e. The molecule has 2 N–H and O–H groups in total. The van der Waals surface area contributed by atoms with Gasteiger partial charge in [-0.3, -0.25) is 14.6 Å². The van der Waals surface area contributed by atoms with Gasteiger partial charge in [-0.1, -0.05) is 6.07 Å². The lowest BCUT2D eigenvalue weighted by molar-refractivity contribution is -0.150. The Kier molecular flexibility index (Phi) is 6.17. The van der Waals surface area contributed by atoms with Crippen LogP contribution in [0, 0.1) is 18.3 Å². The minimum absolute atomic E-state index is 0.00333. The fourth-order valence-electron chi connectivity index (χ4n) is 7.55. The van der Waals surface area contributed by atoms with E-state index < -0.39 is 36.1 Å². The maximum absolute atomic E-state index is 13.7. The number of ketones is 1. The van der Waals surface area contributed by atoms with E-state index in [2.05, 4.69) is 17.0 Å². The first-order valence-electron chi connectivity index (χ1n) is 13.0. The molecule has 0 radical (unpaired) electrons. The van der Waals surface area contributed by atoms with Crippen LogP contribution in [0.25, 0.3) is 0 Å². The van der Waals surface area contributed by atoms with E-state index in [4.69, 9.17) is 23.7 Å². The minimum atomic E-state index is -1.93. The number of hydrogen-bond acceptors (Lipinski definition) is 11. The van der Waals surface area contributed by atoms with Crippen LogP contribution in [-0.4, -0.2) is 97.0 Å². The molecule has 6 rings (SSSR count). The lowest BCUT2D eigenvalue weighted by Crippen LogP contribution is -2.74. The predicted octanol–water partition coefficient (Wildman–Crippen LogP) is 1.07. The van der Waals surface area contributed by atoms with Gasteiger partial charge in [0.25, 0.3) is 0 Å². The highest BCUT2D eigenvalue weighted by molar-refractivity contribution is 6.06. The maximum Gasteiger partial charge on any atom is 0.231 e. The molecule has 0 unspecified atom stereocenters. The Morgan fingerprint density at radius 3 is 2.62 bits per heavy atom. The second-order valence-electron chi connectivity index (χ2n) is 10.8. The third-order valence-electron chi connectivity index (χ3n) is 9.05. The Labute approximate surface area is 226 Å². The zero-order chi connectivity index (χ0) is 27.8. The number of methoxy groups -OCH3 is 2. The van der Waals surface area contributed by atoms with Gasteiger partial charge in [-0.25, -0.2) is 0 Å². The summed E-state index contributed by atoms with van der Waals surface area (Å²) in [5, 5.41) is 33.5. The molecule has 5 aliphatic rings. The highest BCUT2D eigenvalue weighted by Crippen LogP contribution is 2.56. The summed E-state index contributed by atoms with van der Waals surface area (Å²) in [6, 6.07) is 1.96. The summed E-state index contributed by atoms with van der Waals surface area (Å²) in [5.74, 6) is 1.22. The quantitative estimate of drug-likeness (QED) is 0.521. The molecule has 11 nitrogen and oxygen atoms in total. The molecule has 1 aromatic rings. The van der Waals surface area contributed by atoms with Crippen molar-refractivity contribution in [3.63, 3.8) is 0 Å². The number of hydrogen-bond donors (Lipinski definition) is 2. The predicted molar refractivity (Wildman–Crippen MR) is 135 cm³/mol. The lowest BCUT2D eigenvalue weighted by Gasteiger charge is -2.62. The fourth-order valence-corrected chi connectivity index (χ4v) is 7.55. The highest BCUT2D eigenvalue weighted by Gasteiger charge is 2.64. The molecule has 3 saturated heterocycles. The van der Waals surface area contributed by atoms with E-state index in [0.717, 1.165) is 16.7 Å². The number of piperidine rings is 1. The number of carbonyl (C=O) groups excluding carboxylic acids is 1. The molecule has 4 aliphatic heterocycles. The maximum atomic E-state index is 13.7. The number of rotatable bonds is 5. The van der Waals surface area contributed by atoms with E-state index in [9.17, 15) is 20.3 Å². The second-order valence-corrected chi connectivity index (χ2v) is 10.8. The van der Waals surface area contributed by atoms with Crippen LogP contribution in [0.1, 0.15) is 36.1 Å². The van der Waals surface area contributed by atoms with Crippen LogP contribution in [0.2, 0.25) is 0 Å². The fraction of sp³-hybridized carbons (Fsp3) is 0.571. The zero-order valence-corrected chi connectivity index (χ0v) is 22.7. The second kappa shape index (κ2) is 9.21. The summed E-state index contributed by atoms with van der Waals surface area (Å²) in [6.45, 7) is 3.06. The number of likely N-dealkylation sites (N-methyl/N-ethyl adjacent to an activating group) is 1. The van der Waals surface area contributed by atoms with E-state index in [1.165, 1.54) is 0 Å². The van der Waals surface area contributed by atoms with Crippen molar-refractivity contribution in [1.82, 2.24) is 9.80 Å². The molecule has 0 amide bonds. The normalized spacial score (nSPS) is 33.4. The summed E-state index contributed by atoms with van der Waals surface area (Å²) in [4.78, 5) is 17.9.